The van der Waals surface area contributed by atoms with Crippen LogP contribution in [0, 0.1) is 5.92 Å². The number of hydrogen-bond acceptors (Lipinski definition) is 4. The summed E-state index contributed by atoms with van der Waals surface area (Å²) in [5.74, 6) is 6.60. The second-order valence-corrected chi connectivity index (χ2v) is 5.76. The fraction of sp³-hybridized carbons (Fsp3) is 0.462. The lowest BCUT2D eigenvalue weighted by molar-refractivity contribution is 0.481. The van der Waals surface area contributed by atoms with E-state index in [1.54, 1.807) is 11.3 Å². The largest absolute Gasteiger partial charge is 0.271 e. The summed E-state index contributed by atoms with van der Waals surface area (Å²) in [5.41, 5.74) is 5.21. The smallest absolute Gasteiger partial charge is 0.0809 e. The fourth-order valence-corrected chi connectivity index (χ4v) is 3.00. The molecule has 3 N–H and O–H groups in total. The maximum absolute atomic E-state index is 5.66. The van der Waals surface area contributed by atoms with Crippen LogP contribution in [-0.2, 0) is 0 Å². The molecule has 0 spiro atoms. The number of hydrogen-bond donors (Lipinski definition) is 2. The van der Waals surface area contributed by atoms with Crippen molar-refractivity contribution >= 4 is 21.6 Å². The molecule has 3 rings (SSSR count). The molecule has 4 heteroatoms. The van der Waals surface area contributed by atoms with Gasteiger partial charge in [-0.15, -0.1) is 11.3 Å². The van der Waals surface area contributed by atoms with E-state index in [9.17, 15) is 0 Å². The molecule has 0 saturated heterocycles. The minimum atomic E-state index is 0.245. The van der Waals surface area contributed by atoms with Crippen LogP contribution in [0.4, 0.5) is 0 Å². The number of nitrogens with two attached hydrogens (primary N) is 1. The topological polar surface area (TPSA) is 50.9 Å². The highest BCUT2D eigenvalue weighted by molar-refractivity contribution is 7.17. The number of pyridine rings is 1. The lowest BCUT2D eigenvalue weighted by atomic mass is 10.0. The number of rotatable bonds is 5. The number of nitrogens with one attached hydrogen (secondary N) is 1. The quantitative estimate of drug-likeness (QED) is 0.631. The van der Waals surface area contributed by atoms with Crippen LogP contribution < -0.4 is 11.3 Å². The van der Waals surface area contributed by atoms with E-state index < -0.39 is 0 Å². The van der Waals surface area contributed by atoms with Crippen molar-refractivity contribution < 1.29 is 0 Å². The molecule has 0 aromatic carbocycles. The predicted molar refractivity (Wildman–Crippen MR) is 71.6 cm³/mol. The molecule has 1 aliphatic rings. The Morgan fingerprint density at radius 2 is 2.41 bits per heavy atom. The van der Waals surface area contributed by atoms with Gasteiger partial charge in [0.1, 0.15) is 0 Å². The summed E-state index contributed by atoms with van der Waals surface area (Å²) >= 11 is 1.74. The highest BCUT2D eigenvalue weighted by atomic mass is 32.1. The summed E-state index contributed by atoms with van der Waals surface area (Å²) in [4.78, 5) is 4.47. The average Bonchev–Trinajstić information content (AvgIpc) is 3.06. The van der Waals surface area contributed by atoms with Gasteiger partial charge in [-0.05, 0) is 41.8 Å². The molecular formula is C13H17N3S. The molecule has 2 aromatic heterocycles. The van der Waals surface area contributed by atoms with Gasteiger partial charge in [-0.3, -0.25) is 16.3 Å². The zero-order valence-corrected chi connectivity index (χ0v) is 10.5. The van der Waals surface area contributed by atoms with Crippen molar-refractivity contribution in [3.63, 3.8) is 0 Å². The Morgan fingerprint density at radius 3 is 3.18 bits per heavy atom. The summed E-state index contributed by atoms with van der Waals surface area (Å²) in [6.45, 7) is 0. The first-order valence-corrected chi connectivity index (χ1v) is 7.04. The monoisotopic (exact) mass is 247 g/mol. The average molecular weight is 247 g/mol. The van der Waals surface area contributed by atoms with Crippen LogP contribution in [0.15, 0.2) is 23.7 Å². The van der Waals surface area contributed by atoms with Crippen molar-refractivity contribution in [1.29, 1.82) is 0 Å². The molecule has 2 heterocycles. The number of aromatic nitrogens is 1. The highest BCUT2D eigenvalue weighted by Crippen LogP contribution is 2.36. The first kappa shape index (κ1) is 11.1. The molecule has 90 valence electrons. The maximum atomic E-state index is 5.66. The number of fused-ring (bicyclic) bond motifs is 1. The number of hydrazine groups is 1. The van der Waals surface area contributed by atoms with Gasteiger partial charge >= 0.3 is 0 Å². The summed E-state index contributed by atoms with van der Waals surface area (Å²) in [6, 6.07) is 4.51. The van der Waals surface area contributed by atoms with Gasteiger partial charge in [0.05, 0.1) is 10.2 Å². The number of thiophene rings is 1. The Kier molecular flexibility index (Phi) is 3.09. The van der Waals surface area contributed by atoms with Crippen molar-refractivity contribution in [3.8, 4) is 0 Å². The molecule has 0 bridgehead atoms. The molecule has 1 fully saturated rings. The van der Waals surface area contributed by atoms with E-state index >= 15 is 0 Å². The fourth-order valence-electron chi connectivity index (χ4n) is 2.21. The molecule has 0 amide bonds. The molecule has 0 radical (unpaired) electrons. The Bertz CT molecular complexity index is 504. The van der Waals surface area contributed by atoms with Gasteiger partial charge in [-0.1, -0.05) is 12.8 Å². The lowest BCUT2D eigenvalue weighted by Gasteiger charge is -2.15. The Morgan fingerprint density at radius 1 is 1.53 bits per heavy atom. The van der Waals surface area contributed by atoms with Gasteiger partial charge in [0.25, 0.3) is 0 Å². The van der Waals surface area contributed by atoms with E-state index in [1.165, 1.54) is 29.5 Å². The second kappa shape index (κ2) is 4.72. The van der Waals surface area contributed by atoms with E-state index in [0.717, 1.165) is 17.9 Å². The van der Waals surface area contributed by atoms with Gasteiger partial charge in [-0.25, -0.2) is 0 Å². The third kappa shape index (κ3) is 2.49. The van der Waals surface area contributed by atoms with E-state index in [2.05, 4.69) is 27.9 Å². The van der Waals surface area contributed by atoms with Gasteiger partial charge in [-0.2, -0.15) is 0 Å². The summed E-state index contributed by atoms with van der Waals surface area (Å²) in [6.07, 6.45) is 7.14. The van der Waals surface area contributed by atoms with Crippen molar-refractivity contribution in [2.45, 2.75) is 31.7 Å². The van der Waals surface area contributed by atoms with Gasteiger partial charge in [0.15, 0.2) is 0 Å². The Labute approximate surface area is 105 Å². The number of nitrogens with zero attached hydrogens (tertiary/aromatic N) is 1. The van der Waals surface area contributed by atoms with E-state index in [-0.39, 0.29) is 6.04 Å². The van der Waals surface area contributed by atoms with E-state index in [0.29, 0.717) is 0 Å². The van der Waals surface area contributed by atoms with E-state index in [1.807, 2.05) is 6.20 Å². The van der Waals surface area contributed by atoms with E-state index in [4.69, 9.17) is 5.84 Å². The van der Waals surface area contributed by atoms with Crippen LogP contribution in [0.1, 0.15) is 37.3 Å². The van der Waals surface area contributed by atoms with Crippen molar-refractivity contribution in [2.75, 3.05) is 0 Å². The first-order chi connectivity index (χ1) is 8.36. The van der Waals surface area contributed by atoms with Crippen LogP contribution in [0.25, 0.3) is 10.2 Å². The van der Waals surface area contributed by atoms with Crippen molar-refractivity contribution in [3.05, 3.63) is 29.3 Å². The van der Waals surface area contributed by atoms with Crippen molar-refractivity contribution in [2.24, 2.45) is 11.8 Å². The molecule has 1 aliphatic carbocycles. The standard InChI is InChI=1S/C13H17N3S/c14-16-11(4-3-9-1-2-9)10-7-13-12(15-8-10)5-6-17-13/h5-9,11,16H,1-4,14H2. The van der Waals surface area contributed by atoms with Crippen LogP contribution in [0.2, 0.25) is 0 Å². The highest BCUT2D eigenvalue weighted by Gasteiger charge is 2.22. The normalized spacial score (nSPS) is 17.5. The Hall–Kier alpha value is -0.970. The van der Waals surface area contributed by atoms with Crippen LogP contribution >= 0.6 is 11.3 Å². The minimum absolute atomic E-state index is 0.245. The first-order valence-electron chi connectivity index (χ1n) is 6.16. The summed E-state index contributed by atoms with van der Waals surface area (Å²) in [5, 5.41) is 2.08. The zero-order chi connectivity index (χ0) is 11.7. The summed E-state index contributed by atoms with van der Waals surface area (Å²) in [7, 11) is 0. The molecule has 1 atom stereocenters. The molecule has 2 aromatic rings. The van der Waals surface area contributed by atoms with Crippen LogP contribution in [-0.4, -0.2) is 4.98 Å². The van der Waals surface area contributed by atoms with Gasteiger partial charge < -0.3 is 0 Å². The van der Waals surface area contributed by atoms with Crippen LogP contribution in [0.3, 0.4) is 0 Å². The summed E-state index contributed by atoms with van der Waals surface area (Å²) < 4.78 is 1.24. The second-order valence-electron chi connectivity index (χ2n) is 4.81. The third-order valence-electron chi connectivity index (χ3n) is 3.49. The van der Waals surface area contributed by atoms with Gasteiger partial charge in [0.2, 0.25) is 0 Å². The molecule has 0 aliphatic heterocycles. The molecule has 3 nitrogen and oxygen atoms in total. The van der Waals surface area contributed by atoms with Gasteiger partial charge in [0, 0.05) is 12.2 Å². The van der Waals surface area contributed by atoms with Crippen molar-refractivity contribution in [1.82, 2.24) is 10.4 Å². The molecular weight excluding hydrogens is 230 g/mol. The zero-order valence-electron chi connectivity index (χ0n) is 9.73. The minimum Gasteiger partial charge on any atom is -0.271 e. The van der Waals surface area contributed by atoms with Crippen LogP contribution in [0.5, 0.6) is 0 Å². The third-order valence-corrected chi connectivity index (χ3v) is 4.34. The molecule has 1 unspecified atom stereocenters. The molecule has 17 heavy (non-hydrogen) atoms. The Balaban J connectivity index is 1.78. The molecule has 1 saturated carbocycles. The lowest BCUT2D eigenvalue weighted by Crippen LogP contribution is -2.28. The SMILES string of the molecule is NNC(CCC1CC1)c1cnc2ccsc2c1. The predicted octanol–water partition coefficient (Wildman–Crippen LogP) is 2.99. The maximum Gasteiger partial charge on any atom is 0.0809 e.